The van der Waals surface area contributed by atoms with Crippen LogP contribution < -0.4 is 9.47 Å². The molecule has 3 nitrogen and oxygen atoms in total. The van der Waals surface area contributed by atoms with Crippen LogP contribution in [0.3, 0.4) is 0 Å². The minimum Gasteiger partial charge on any atom is -0.488 e. The summed E-state index contributed by atoms with van der Waals surface area (Å²) in [6.07, 6.45) is 3.63. The van der Waals surface area contributed by atoms with Crippen LogP contribution in [-0.2, 0) is 6.61 Å². The van der Waals surface area contributed by atoms with Gasteiger partial charge in [-0.15, -0.1) is 11.3 Å². The summed E-state index contributed by atoms with van der Waals surface area (Å²) in [5, 5.41) is 2.01. The molecule has 0 saturated carbocycles. The second-order valence-corrected chi connectivity index (χ2v) is 7.66. The number of allylic oxidation sites excluding steroid dienone is 1. The third-order valence-electron chi connectivity index (χ3n) is 4.81. The number of ether oxygens (including phenoxy) is 2. The van der Waals surface area contributed by atoms with Gasteiger partial charge in [0.15, 0.2) is 5.76 Å². The van der Waals surface area contributed by atoms with Crippen LogP contribution >= 0.6 is 11.3 Å². The van der Waals surface area contributed by atoms with Crippen molar-refractivity contribution in [1.29, 1.82) is 0 Å². The lowest BCUT2D eigenvalue weighted by atomic mass is 10.1. The molecule has 1 aliphatic heterocycles. The molecule has 0 N–H and O–H groups in total. The number of ketones is 1. The van der Waals surface area contributed by atoms with E-state index >= 15 is 0 Å². The van der Waals surface area contributed by atoms with E-state index in [1.165, 1.54) is 0 Å². The summed E-state index contributed by atoms with van der Waals surface area (Å²) in [6, 6.07) is 13.7. The molecule has 1 aliphatic rings. The molecule has 140 valence electrons. The average Bonchev–Trinajstić information content (AvgIpc) is 3.26. The van der Waals surface area contributed by atoms with Gasteiger partial charge in [0.1, 0.15) is 18.1 Å². The van der Waals surface area contributed by atoms with Crippen molar-refractivity contribution >= 4 is 29.3 Å². The molecule has 3 aromatic rings. The van der Waals surface area contributed by atoms with Crippen LogP contribution in [0.2, 0.25) is 0 Å². The second kappa shape index (κ2) is 7.49. The minimum absolute atomic E-state index is 0.0857. The Morgan fingerprint density at radius 2 is 1.89 bits per heavy atom. The maximum atomic E-state index is 12.7. The number of Topliss-reactive ketones (excluding diaryl/α,β-unsaturated/α-hetero) is 1. The molecule has 0 amide bonds. The van der Waals surface area contributed by atoms with Gasteiger partial charge >= 0.3 is 0 Å². The lowest BCUT2D eigenvalue weighted by Gasteiger charge is -2.11. The normalized spacial score (nSPS) is 14.1. The smallest absolute Gasteiger partial charge is 0.232 e. The first-order valence-electron chi connectivity index (χ1n) is 9.03. The highest BCUT2D eigenvalue weighted by atomic mass is 32.1. The monoisotopic (exact) mass is 388 g/mol. The van der Waals surface area contributed by atoms with Crippen molar-refractivity contribution in [2.45, 2.75) is 20.5 Å². The fourth-order valence-corrected chi connectivity index (χ4v) is 3.93. The van der Waals surface area contributed by atoms with Gasteiger partial charge in [-0.1, -0.05) is 36.9 Å². The van der Waals surface area contributed by atoms with E-state index in [4.69, 9.17) is 9.47 Å². The quantitative estimate of drug-likeness (QED) is 0.488. The predicted octanol–water partition coefficient (Wildman–Crippen LogP) is 6.20. The largest absolute Gasteiger partial charge is 0.488 e. The molecule has 1 aromatic heterocycles. The molecule has 0 fully saturated rings. The maximum Gasteiger partial charge on any atom is 0.232 e. The van der Waals surface area contributed by atoms with E-state index in [0.717, 1.165) is 27.1 Å². The number of carbonyl (C=O) groups is 1. The highest BCUT2D eigenvalue weighted by Gasteiger charge is 2.30. The number of hydrogen-bond donors (Lipinski definition) is 0. The number of thiophene rings is 1. The van der Waals surface area contributed by atoms with E-state index in [2.05, 4.69) is 6.58 Å². The van der Waals surface area contributed by atoms with Crippen molar-refractivity contribution in [3.63, 3.8) is 0 Å². The van der Waals surface area contributed by atoms with Gasteiger partial charge in [0.2, 0.25) is 5.78 Å². The summed E-state index contributed by atoms with van der Waals surface area (Å²) in [5.74, 6) is 1.58. The Balaban J connectivity index is 1.55. The van der Waals surface area contributed by atoms with E-state index in [0.29, 0.717) is 29.4 Å². The summed E-state index contributed by atoms with van der Waals surface area (Å²) in [7, 11) is 0. The minimum atomic E-state index is -0.0857. The molecule has 0 unspecified atom stereocenters. The fraction of sp³-hybridized carbons (Fsp3) is 0.125. The SMILES string of the molecule is C=Cc1ccc(COc2ccc3c(c2C)O/C(=C\c2sccc2C)C3=O)cc1. The molecule has 2 heterocycles. The van der Waals surface area contributed by atoms with E-state index in [9.17, 15) is 4.79 Å². The molecule has 0 radical (unpaired) electrons. The van der Waals surface area contributed by atoms with Crippen molar-refractivity contribution in [2.24, 2.45) is 0 Å². The van der Waals surface area contributed by atoms with Crippen LogP contribution in [-0.4, -0.2) is 5.78 Å². The molecule has 0 spiro atoms. The Kier molecular flexibility index (Phi) is 4.88. The highest BCUT2D eigenvalue weighted by molar-refractivity contribution is 7.11. The lowest BCUT2D eigenvalue weighted by Crippen LogP contribution is -1.98. The van der Waals surface area contributed by atoms with Crippen molar-refractivity contribution in [3.8, 4) is 11.5 Å². The van der Waals surface area contributed by atoms with E-state index in [1.54, 1.807) is 17.4 Å². The van der Waals surface area contributed by atoms with E-state index < -0.39 is 0 Å². The van der Waals surface area contributed by atoms with Crippen molar-refractivity contribution < 1.29 is 14.3 Å². The van der Waals surface area contributed by atoms with Crippen LogP contribution in [0.4, 0.5) is 0 Å². The lowest BCUT2D eigenvalue weighted by molar-refractivity contribution is 0.101. The molecule has 4 rings (SSSR count). The molecule has 2 aromatic carbocycles. The van der Waals surface area contributed by atoms with Crippen LogP contribution in [0, 0.1) is 13.8 Å². The van der Waals surface area contributed by atoms with Crippen LogP contribution in [0.25, 0.3) is 12.2 Å². The van der Waals surface area contributed by atoms with Gasteiger partial charge < -0.3 is 9.47 Å². The predicted molar refractivity (Wildman–Crippen MR) is 114 cm³/mol. The van der Waals surface area contributed by atoms with Gasteiger partial charge in [-0.25, -0.2) is 0 Å². The van der Waals surface area contributed by atoms with Gasteiger partial charge in [0.05, 0.1) is 5.56 Å². The number of carbonyl (C=O) groups excluding carboxylic acids is 1. The van der Waals surface area contributed by atoms with Gasteiger partial charge in [0.25, 0.3) is 0 Å². The molecule has 0 saturated heterocycles. The van der Waals surface area contributed by atoms with Crippen molar-refractivity contribution in [1.82, 2.24) is 0 Å². The van der Waals surface area contributed by atoms with Gasteiger partial charge in [-0.3, -0.25) is 4.79 Å². The Morgan fingerprint density at radius 1 is 1.11 bits per heavy atom. The zero-order valence-electron chi connectivity index (χ0n) is 15.8. The molecule has 28 heavy (non-hydrogen) atoms. The Bertz CT molecular complexity index is 1090. The molecular weight excluding hydrogens is 368 g/mol. The second-order valence-electron chi connectivity index (χ2n) is 6.71. The number of hydrogen-bond acceptors (Lipinski definition) is 4. The standard InChI is InChI=1S/C24H20O3S/c1-4-17-5-7-18(8-6-17)14-26-20-10-9-19-23(25)21(27-24(19)16(20)3)13-22-15(2)11-12-28-22/h4-13H,1,14H2,2-3H3/b21-13-. The Labute approximate surface area is 168 Å². The number of benzene rings is 2. The van der Waals surface area contributed by atoms with Crippen molar-refractivity contribution in [3.05, 3.63) is 92.9 Å². The zero-order chi connectivity index (χ0) is 19.7. The van der Waals surface area contributed by atoms with Gasteiger partial charge in [-0.05, 0) is 54.1 Å². The summed E-state index contributed by atoms with van der Waals surface area (Å²) in [5.41, 5.74) is 4.69. The summed E-state index contributed by atoms with van der Waals surface area (Å²) in [6.45, 7) is 8.15. The summed E-state index contributed by atoms with van der Waals surface area (Å²) >= 11 is 1.59. The summed E-state index contributed by atoms with van der Waals surface area (Å²) < 4.78 is 11.9. The van der Waals surface area contributed by atoms with Crippen LogP contribution in [0.15, 0.2) is 60.2 Å². The first kappa shape index (κ1) is 18.3. The summed E-state index contributed by atoms with van der Waals surface area (Å²) in [4.78, 5) is 13.7. The third kappa shape index (κ3) is 3.39. The maximum absolute atomic E-state index is 12.7. The Morgan fingerprint density at radius 3 is 2.57 bits per heavy atom. The topological polar surface area (TPSA) is 35.5 Å². The average molecular weight is 388 g/mol. The van der Waals surface area contributed by atoms with Crippen molar-refractivity contribution in [2.75, 3.05) is 0 Å². The number of aryl methyl sites for hydroxylation is 1. The molecular formula is C24H20O3S. The van der Waals surface area contributed by atoms with E-state index in [1.807, 2.05) is 67.8 Å². The van der Waals surface area contributed by atoms with Gasteiger partial charge in [0, 0.05) is 16.5 Å². The van der Waals surface area contributed by atoms with Gasteiger partial charge in [-0.2, -0.15) is 0 Å². The highest BCUT2D eigenvalue weighted by Crippen LogP contribution is 2.39. The first-order valence-corrected chi connectivity index (χ1v) is 9.91. The fourth-order valence-electron chi connectivity index (χ4n) is 3.09. The Hall–Kier alpha value is -3.11. The zero-order valence-corrected chi connectivity index (χ0v) is 16.6. The molecule has 4 heteroatoms. The van der Waals surface area contributed by atoms with Crippen LogP contribution in [0.5, 0.6) is 11.5 Å². The number of fused-ring (bicyclic) bond motifs is 1. The van der Waals surface area contributed by atoms with Crippen LogP contribution in [0.1, 0.15) is 37.5 Å². The number of rotatable bonds is 5. The molecule has 0 aliphatic carbocycles. The molecule has 0 bridgehead atoms. The molecule has 0 atom stereocenters. The third-order valence-corrected chi connectivity index (χ3v) is 5.78. The first-order chi connectivity index (χ1) is 13.6. The van der Waals surface area contributed by atoms with E-state index in [-0.39, 0.29) is 5.78 Å².